The molecule has 0 amide bonds. The van der Waals surface area contributed by atoms with E-state index >= 15 is 0 Å². The lowest BCUT2D eigenvalue weighted by molar-refractivity contribution is 0.0699. The maximum atomic E-state index is 14.0. The standard InChI is InChI=1S/C22H16FN7O2/c1-11(29-21-14(9-24)20(25)27-10-28-21)19-18(16-4-2-3-7-26-16)17(22(31)32)13-8-12(23)5-6-15(13)30-19/h2-8,10-11H,1H3,(H,31,32)(H3,25,27,28,29)/t11-/m0/s1. The van der Waals surface area contributed by atoms with Crippen LogP contribution in [0.3, 0.4) is 0 Å². The van der Waals surface area contributed by atoms with Crippen molar-refractivity contribution in [1.82, 2.24) is 19.9 Å². The van der Waals surface area contributed by atoms with Gasteiger partial charge in [0.15, 0.2) is 0 Å². The third kappa shape index (κ3) is 3.63. The number of hydrogen-bond donors (Lipinski definition) is 3. The van der Waals surface area contributed by atoms with Gasteiger partial charge in [0.25, 0.3) is 0 Å². The smallest absolute Gasteiger partial charge is 0.337 e. The number of fused-ring (bicyclic) bond motifs is 1. The van der Waals surface area contributed by atoms with Crippen molar-refractivity contribution in [3.05, 3.63) is 71.6 Å². The van der Waals surface area contributed by atoms with Gasteiger partial charge in [0.1, 0.15) is 35.4 Å². The van der Waals surface area contributed by atoms with E-state index in [9.17, 15) is 19.6 Å². The number of nitriles is 1. The second-order valence-corrected chi connectivity index (χ2v) is 6.89. The van der Waals surface area contributed by atoms with E-state index in [1.54, 1.807) is 25.1 Å². The number of anilines is 2. The highest BCUT2D eigenvalue weighted by Gasteiger charge is 2.26. The number of rotatable bonds is 5. The minimum absolute atomic E-state index is 0.00956. The van der Waals surface area contributed by atoms with E-state index in [4.69, 9.17) is 5.73 Å². The predicted octanol–water partition coefficient (Wildman–Crippen LogP) is 3.55. The highest BCUT2D eigenvalue weighted by Crippen LogP contribution is 2.35. The molecule has 0 aliphatic carbocycles. The summed E-state index contributed by atoms with van der Waals surface area (Å²) in [6.07, 6.45) is 2.74. The van der Waals surface area contributed by atoms with Gasteiger partial charge in [-0.1, -0.05) is 6.07 Å². The quantitative estimate of drug-likeness (QED) is 0.432. The van der Waals surface area contributed by atoms with E-state index in [2.05, 4.69) is 25.3 Å². The van der Waals surface area contributed by atoms with Crippen molar-refractivity contribution in [2.45, 2.75) is 13.0 Å². The topological polar surface area (TPSA) is 151 Å². The predicted molar refractivity (Wildman–Crippen MR) is 115 cm³/mol. The highest BCUT2D eigenvalue weighted by atomic mass is 19.1. The number of nitrogen functional groups attached to an aromatic ring is 1. The molecular weight excluding hydrogens is 413 g/mol. The number of nitrogens with zero attached hydrogens (tertiary/aromatic N) is 5. The molecule has 3 aromatic heterocycles. The monoisotopic (exact) mass is 429 g/mol. The lowest BCUT2D eigenvalue weighted by Gasteiger charge is -2.21. The Balaban J connectivity index is 1.98. The Bertz CT molecular complexity index is 1390. The van der Waals surface area contributed by atoms with Crippen LogP contribution >= 0.6 is 0 Å². The van der Waals surface area contributed by atoms with E-state index in [0.717, 1.165) is 6.07 Å². The first-order valence-electron chi connectivity index (χ1n) is 9.45. The molecule has 4 aromatic rings. The van der Waals surface area contributed by atoms with Gasteiger partial charge in [-0.15, -0.1) is 0 Å². The van der Waals surface area contributed by atoms with Gasteiger partial charge in [-0.05, 0) is 37.3 Å². The van der Waals surface area contributed by atoms with Crippen LogP contribution < -0.4 is 11.1 Å². The van der Waals surface area contributed by atoms with Gasteiger partial charge < -0.3 is 16.2 Å². The van der Waals surface area contributed by atoms with Gasteiger partial charge in [0, 0.05) is 17.1 Å². The molecule has 1 atom stereocenters. The Morgan fingerprint density at radius 1 is 1.25 bits per heavy atom. The van der Waals surface area contributed by atoms with Crippen molar-refractivity contribution in [3.63, 3.8) is 0 Å². The Labute approximate surface area is 181 Å². The minimum atomic E-state index is -1.25. The van der Waals surface area contributed by atoms with Gasteiger partial charge >= 0.3 is 5.97 Å². The summed E-state index contributed by atoms with van der Waals surface area (Å²) in [6.45, 7) is 1.73. The molecule has 4 N–H and O–H groups in total. The third-order valence-corrected chi connectivity index (χ3v) is 4.86. The first kappa shape index (κ1) is 20.6. The first-order valence-corrected chi connectivity index (χ1v) is 9.45. The average molecular weight is 429 g/mol. The molecule has 4 rings (SSSR count). The van der Waals surface area contributed by atoms with Gasteiger partial charge in [-0.25, -0.2) is 24.1 Å². The van der Waals surface area contributed by atoms with Gasteiger partial charge in [-0.2, -0.15) is 5.26 Å². The molecule has 0 bridgehead atoms. The van der Waals surface area contributed by atoms with Crippen LogP contribution in [0.1, 0.15) is 34.6 Å². The van der Waals surface area contributed by atoms with Gasteiger partial charge in [0.2, 0.25) is 0 Å². The van der Waals surface area contributed by atoms with Crippen LogP contribution in [-0.2, 0) is 0 Å². The fourth-order valence-electron chi connectivity index (χ4n) is 3.45. The van der Waals surface area contributed by atoms with Gasteiger partial charge in [0.05, 0.1) is 28.5 Å². The summed E-state index contributed by atoms with van der Waals surface area (Å²) in [7, 11) is 0. The number of benzene rings is 1. The lowest BCUT2D eigenvalue weighted by Crippen LogP contribution is -2.16. The molecule has 0 unspecified atom stereocenters. The summed E-state index contributed by atoms with van der Waals surface area (Å²) in [5.74, 6) is -1.64. The van der Waals surface area contributed by atoms with Crippen molar-refractivity contribution in [2.24, 2.45) is 0 Å². The highest BCUT2D eigenvalue weighted by molar-refractivity contribution is 6.08. The average Bonchev–Trinajstić information content (AvgIpc) is 2.78. The normalized spacial score (nSPS) is 11.7. The van der Waals surface area contributed by atoms with Crippen LogP contribution in [0, 0.1) is 17.1 Å². The molecule has 0 aliphatic heterocycles. The first-order chi connectivity index (χ1) is 15.4. The van der Waals surface area contributed by atoms with Crippen molar-refractivity contribution >= 4 is 28.5 Å². The van der Waals surface area contributed by atoms with Crippen LogP contribution in [0.4, 0.5) is 16.0 Å². The number of hydrogen-bond acceptors (Lipinski definition) is 8. The van der Waals surface area contributed by atoms with Crippen molar-refractivity contribution < 1.29 is 14.3 Å². The number of nitrogens with one attached hydrogen (secondary N) is 1. The SMILES string of the molecule is C[C@H](Nc1ncnc(N)c1C#N)c1nc2ccc(F)cc2c(C(=O)O)c1-c1ccccn1. The fourth-order valence-corrected chi connectivity index (χ4v) is 3.45. The third-order valence-electron chi connectivity index (χ3n) is 4.86. The molecule has 0 saturated heterocycles. The molecule has 0 radical (unpaired) electrons. The van der Waals surface area contributed by atoms with E-state index in [0.29, 0.717) is 16.9 Å². The van der Waals surface area contributed by atoms with Crippen LogP contribution in [0.25, 0.3) is 22.2 Å². The summed E-state index contributed by atoms with van der Waals surface area (Å²) in [5, 5.41) is 22.7. The van der Waals surface area contributed by atoms with Gasteiger partial charge in [-0.3, -0.25) is 4.98 Å². The van der Waals surface area contributed by atoms with E-state index < -0.39 is 17.8 Å². The number of nitrogens with two attached hydrogens (primary N) is 1. The second-order valence-electron chi connectivity index (χ2n) is 6.89. The Kier molecular flexibility index (Phi) is 5.30. The number of carboxylic acid groups (broad SMARTS) is 1. The second kappa shape index (κ2) is 8.23. The summed E-state index contributed by atoms with van der Waals surface area (Å²) in [4.78, 5) is 29.1. The zero-order valence-corrected chi connectivity index (χ0v) is 16.7. The molecular formula is C22H16FN7O2. The minimum Gasteiger partial charge on any atom is -0.478 e. The van der Waals surface area contributed by atoms with E-state index in [1.165, 1.54) is 24.7 Å². The number of pyridine rings is 2. The summed E-state index contributed by atoms with van der Waals surface area (Å²) in [5.41, 5.74) is 6.92. The number of aromatic nitrogens is 4. The number of halogens is 1. The number of aromatic carboxylic acids is 1. The lowest BCUT2D eigenvalue weighted by atomic mass is 9.94. The molecule has 158 valence electrons. The molecule has 3 heterocycles. The molecule has 0 saturated carbocycles. The molecule has 32 heavy (non-hydrogen) atoms. The molecule has 0 spiro atoms. The molecule has 0 aliphatic rings. The van der Waals surface area contributed by atoms with E-state index in [-0.39, 0.29) is 33.7 Å². The van der Waals surface area contributed by atoms with Crippen LogP contribution in [0.5, 0.6) is 0 Å². The molecule has 10 heteroatoms. The molecule has 1 aromatic carbocycles. The van der Waals surface area contributed by atoms with Crippen LogP contribution in [0.2, 0.25) is 0 Å². The molecule has 9 nitrogen and oxygen atoms in total. The largest absolute Gasteiger partial charge is 0.478 e. The Hall–Kier alpha value is -4.65. The zero-order chi connectivity index (χ0) is 22.8. The Morgan fingerprint density at radius 2 is 2.06 bits per heavy atom. The molecule has 0 fully saturated rings. The summed E-state index contributed by atoms with van der Waals surface area (Å²) < 4.78 is 14.0. The van der Waals surface area contributed by atoms with Crippen LogP contribution in [-0.4, -0.2) is 31.0 Å². The van der Waals surface area contributed by atoms with E-state index in [1.807, 2.05) is 6.07 Å². The summed E-state index contributed by atoms with van der Waals surface area (Å²) in [6, 6.07) is 10.1. The summed E-state index contributed by atoms with van der Waals surface area (Å²) >= 11 is 0. The Morgan fingerprint density at radius 3 is 2.75 bits per heavy atom. The number of carbonyl (C=O) groups is 1. The van der Waals surface area contributed by atoms with Crippen LogP contribution in [0.15, 0.2) is 48.9 Å². The maximum Gasteiger partial charge on any atom is 0.337 e. The maximum absolute atomic E-state index is 14.0. The van der Waals surface area contributed by atoms with Crippen molar-refractivity contribution in [3.8, 4) is 17.3 Å². The zero-order valence-electron chi connectivity index (χ0n) is 16.7. The fraction of sp³-hybridized carbons (Fsp3) is 0.0909. The number of carboxylic acids is 1. The van der Waals surface area contributed by atoms with Crippen molar-refractivity contribution in [2.75, 3.05) is 11.1 Å². The van der Waals surface area contributed by atoms with Crippen molar-refractivity contribution in [1.29, 1.82) is 5.26 Å².